The number of rotatable bonds is 7. The van der Waals surface area contributed by atoms with Crippen LogP contribution in [-0.4, -0.2) is 55.5 Å². The standard InChI is InChI=1S/C23H35N3O3/c1-17-13-18(2)15-25(14-17)12-6-11-24-22(27)9-10-23(28)26-16-19(3)29-21-8-5-4-7-20(21)26/h4-5,7-8,17-19H,6,9-16H2,1-3H3,(H,24,27)/t17-,18+,19-/m0/s1. The van der Waals surface area contributed by atoms with E-state index in [2.05, 4.69) is 24.1 Å². The summed E-state index contributed by atoms with van der Waals surface area (Å²) in [7, 11) is 0. The van der Waals surface area contributed by atoms with Gasteiger partial charge in [-0.05, 0) is 50.3 Å². The highest BCUT2D eigenvalue weighted by Crippen LogP contribution is 2.33. The monoisotopic (exact) mass is 401 g/mol. The lowest BCUT2D eigenvalue weighted by Crippen LogP contribution is -2.42. The first-order valence-corrected chi connectivity index (χ1v) is 11.0. The zero-order valence-corrected chi connectivity index (χ0v) is 18.0. The van der Waals surface area contributed by atoms with E-state index in [4.69, 9.17) is 4.74 Å². The van der Waals surface area contributed by atoms with Crippen molar-refractivity contribution in [1.29, 1.82) is 0 Å². The summed E-state index contributed by atoms with van der Waals surface area (Å²) in [6.45, 7) is 11.1. The van der Waals surface area contributed by atoms with Gasteiger partial charge in [0, 0.05) is 32.5 Å². The lowest BCUT2D eigenvalue weighted by atomic mass is 9.92. The molecule has 1 fully saturated rings. The van der Waals surface area contributed by atoms with Gasteiger partial charge in [0.2, 0.25) is 11.8 Å². The number of nitrogens with zero attached hydrogens (tertiary/aromatic N) is 2. The Bertz CT molecular complexity index is 698. The molecule has 0 aromatic heterocycles. The fraction of sp³-hybridized carbons (Fsp3) is 0.652. The normalized spacial score (nSPS) is 24.5. The van der Waals surface area contributed by atoms with Crippen LogP contribution in [0.25, 0.3) is 0 Å². The number of hydrogen-bond acceptors (Lipinski definition) is 4. The molecule has 6 nitrogen and oxygen atoms in total. The van der Waals surface area contributed by atoms with E-state index in [0.717, 1.165) is 49.3 Å². The van der Waals surface area contributed by atoms with E-state index < -0.39 is 0 Å². The van der Waals surface area contributed by atoms with E-state index in [1.165, 1.54) is 6.42 Å². The lowest BCUT2D eigenvalue weighted by Gasteiger charge is -2.34. The van der Waals surface area contributed by atoms with E-state index in [-0.39, 0.29) is 30.8 Å². The molecule has 2 heterocycles. The van der Waals surface area contributed by atoms with Gasteiger partial charge in [0.1, 0.15) is 11.9 Å². The average molecular weight is 402 g/mol. The zero-order valence-electron chi connectivity index (χ0n) is 18.0. The maximum atomic E-state index is 12.7. The molecule has 3 atom stereocenters. The molecule has 0 unspecified atom stereocenters. The molecule has 0 radical (unpaired) electrons. The number of para-hydroxylation sites is 2. The third-order valence-corrected chi connectivity index (χ3v) is 5.71. The van der Waals surface area contributed by atoms with Crippen molar-refractivity contribution in [2.24, 2.45) is 11.8 Å². The molecule has 1 N–H and O–H groups in total. The van der Waals surface area contributed by atoms with Gasteiger partial charge in [0.05, 0.1) is 12.2 Å². The summed E-state index contributed by atoms with van der Waals surface area (Å²) in [5.41, 5.74) is 0.793. The molecular formula is C23H35N3O3. The molecule has 0 spiro atoms. The van der Waals surface area contributed by atoms with Crippen LogP contribution in [0.2, 0.25) is 0 Å². The second-order valence-electron chi connectivity index (χ2n) is 8.81. The third-order valence-electron chi connectivity index (χ3n) is 5.71. The van der Waals surface area contributed by atoms with Crippen molar-refractivity contribution >= 4 is 17.5 Å². The Balaban J connectivity index is 1.37. The van der Waals surface area contributed by atoms with Crippen molar-refractivity contribution in [3.05, 3.63) is 24.3 Å². The van der Waals surface area contributed by atoms with E-state index in [9.17, 15) is 9.59 Å². The summed E-state index contributed by atoms with van der Waals surface area (Å²) >= 11 is 0. The Morgan fingerprint density at radius 2 is 1.79 bits per heavy atom. The first-order chi connectivity index (χ1) is 13.9. The third kappa shape index (κ3) is 6.20. The Morgan fingerprint density at radius 3 is 2.55 bits per heavy atom. The summed E-state index contributed by atoms with van der Waals surface area (Å²) in [6, 6.07) is 7.57. The number of fused-ring (bicyclic) bond motifs is 1. The maximum absolute atomic E-state index is 12.7. The van der Waals surface area contributed by atoms with Crippen LogP contribution in [-0.2, 0) is 9.59 Å². The summed E-state index contributed by atoms with van der Waals surface area (Å²) in [5, 5.41) is 2.97. The van der Waals surface area contributed by atoms with E-state index in [1.54, 1.807) is 4.90 Å². The quantitative estimate of drug-likeness (QED) is 0.714. The summed E-state index contributed by atoms with van der Waals surface area (Å²) in [4.78, 5) is 29.1. The summed E-state index contributed by atoms with van der Waals surface area (Å²) in [5.74, 6) is 2.16. The van der Waals surface area contributed by atoms with Crippen LogP contribution < -0.4 is 15.0 Å². The highest BCUT2D eigenvalue weighted by Gasteiger charge is 2.27. The molecule has 6 heteroatoms. The fourth-order valence-corrected chi connectivity index (χ4v) is 4.57. The van der Waals surface area contributed by atoms with Gasteiger partial charge in [-0.1, -0.05) is 26.0 Å². The second kappa shape index (κ2) is 10.1. The van der Waals surface area contributed by atoms with Crippen LogP contribution in [0.15, 0.2) is 24.3 Å². The van der Waals surface area contributed by atoms with Gasteiger partial charge in [0.15, 0.2) is 0 Å². The van der Waals surface area contributed by atoms with Crippen molar-refractivity contribution in [3.8, 4) is 5.75 Å². The van der Waals surface area contributed by atoms with Gasteiger partial charge in [-0.25, -0.2) is 0 Å². The van der Waals surface area contributed by atoms with Gasteiger partial charge in [-0.15, -0.1) is 0 Å². The molecule has 0 aliphatic carbocycles. The number of carbonyl (C=O) groups is 2. The lowest BCUT2D eigenvalue weighted by molar-refractivity contribution is -0.125. The van der Waals surface area contributed by atoms with Crippen LogP contribution in [0.5, 0.6) is 5.75 Å². The molecule has 0 bridgehead atoms. The van der Waals surface area contributed by atoms with E-state index >= 15 is 0 Å². The molecular weight excluding hydrogens is 366 g/mol. The fourth-order valence-electron chi connectivity index (χ4n) is 4.57. The number of anilines is 1. The number of hydrogen-bond donors (Lipinski definition) is 1. The number of carbonyl (C=O) groups excluding carboxylic acids is 2. The van der Waals surface area contributed by atoms with Crippen LogP contribution >= 0.6 is 0 Å². The number of nitrogens with one attached hydrogen (secondary N) is 1. The van der Waals surface area contributed by atoms with Crippen LogP contribution in [0.3, 0.4) is 0 Å². The molecule has 29 heavy (non-hydrogen) atoms. The molecule has 0 saturated carbocycles. The van der Waals surface area contributed by atoms with Crippen LogP contribution in [0.1, 0.15) is 46.5 Å². The Kier molecular flexibility index (Phi) is 7.53. The predicted octanol–water partition coefficient (Wildman–Crippen LogP) is 3.06. The highest BCUT2D eigenvalue weighted by molar-refractivity contribution is 5.97. The van der Waals surface area contributed by atoms with Crippen LogP contribution in [0, 0.1) is 11.8 Å². The van der Waals surface area contributed by atoms with Crippen molar-refractivity contribution < 1.29 is 14.3 Å². The number of benzene rings is 1. The zero-order chi connectivity index (χ0) is 20.8. The highest BCUT2D eigenvalue weighted by atomic mass is 16.5. The number of ether oxygens (including phenoxy) is 1. The molecule has 2 aliphatic rings. The molecule has 3 rings (SSSR count). The van der Waals surface area contributed by atoms with Gasteiger partial charge < -0.3 is 19.9 Å². The van der Waals surface area contributed by atoms with E-state index in [1.807, 2.05) is 31.2 Å². The van der Waals surface area contributed by atoms with Gasteiger partial charge in [0.25, 0.3) is 0 Å². The minimum atomic E-state index is -0.0529. The molecule has 160 valence electrons. The topological polar surface area (TPSA) is 61.9 Å². The molecule has 1 saturated heterocycles. The second-order valence-corrected chi connectivity index (χ2v) is 8.81. The summed E-state index contributed by atoms with van der Waals surface area (Å²) in [6.07, 6.45) is 2.66. The van der Waals surface area contributed by atoms with Crippen molar-refractivity contribution in [3.63, 3.8) is 0 Å². The Labute approximate surface area is 174 Å². The Morgan fingerprint density at radius 1 is 1.07 bits per heavy atom. The Hall–Kier alpha value is -2.08. The predicted molar refractivity (Wildman–Crippen MR) is 115 cm³/mol. The minimum Gasteiger partial charge on any atom is -0.487 e. The average Bonchev–Trinajstić information content (AvgIpc) is 2.68. The van der Waals surface area contributed by atoms with Crippen molar-refractivity contribution in [2.45, 2.75) is 52.6 Å². The molecule has 2 aliphatic heterocycles. The molecule has 2 amide bonds. The summed E-state index contributed by atoms with van der Waals surface area (Å²) < 4.78 is 5.79. The molecule has 1 aromatic rings. The van der Waals surface area contributed by atoms with Gasteiger partial charge in [-0.3, -0.25) is 9.59 Å². The largest absolute Gasteiger partial charge is 0.487 e. The van der Waals surface area contributed by atoms with Crippen molar-refractivity contribution in [2.75, 3.05) is 37.6 Å². The smallest absolute Gasteiger partial charge is 0.227 e. The molecule has 1 aromatic carbocycles. The first kappa shape index (κ1) is 21.6. The van der Waals surface area contributed by atoms with Gasteiger partial charge >= 0.3 is 0 Å². The van der Waals surface area contributed by atoms with Gasteiger partial charge in [-0.2, -0.15) is 0 Å². The SMILES string of the molecule is C[C@@H]1C[C@H](C)CN(CCCNC(=O)CCC(=O)N2C[C@H](C)Oc3ccccc32)C1. The van der Waals surface area contributed by atoms with E-state index in [0.29, 0.717) is 13.1 Å². The van der Waals surface area contributed by atoms with Crippen molar-refractivity contribution in [1.82, 2.24) is 10.2 Å². The first-order valence-electron chi connectivity index (χ1n) is 11.0. The number of piperidine rings is 1. The number of amides is 2. The minimum absolute atomic E-state index is 0.0287. The van der Waals surface area contributed by atoms with Crippen LogP contribution in [0.4, 0.5) is 5.69 Å². The number of likely N-dealkylation sites (tertiary alicyclic amines) is 1. The maximum Gasteiger partial charge on any atom is 0.227 e.